The number of fused-ring (bicyclic) bond motifs is 7. The lowest BCUT2D eigenvalue weighted by molar-refractivity contribution is -0.324. The summed E-state index contributed by atoms with van der Waals surface area (Å²) >= 11 is 0. The van der Waals surface area contributed by atoms with Gasteiger partial charge in [-0.3, -0.25) is 4.79 Å². The molecule has 5 aliphatic carbocycles. The first kappa shape index (κ1) is 35.3. The quantitative estimate of drug-likeness (QED) is 0.167. The fourth-order valence-electron chi connectivity index (χ4n) is 12.4. The first-order valence-electron chi connectivity index (χ1n) is 17.8. The molecule has 10 heteroatoms. The van der Waals surface area contributed by atoms with Crippen molar-refractivity contribution in [3.8, 4) is 0 Å². The summed E-state index contributed by atoms with van der Waals surface area (Å²) in [4.78, 5) is 25.3. The molecule has 6 aliphatic rings. The fourth-order valence-corrected chi connectivity index (χ4v) is 12.4. The monoisotopic (exact) mass is 662 g/mol. The molecule has 1 saturated heterocycles. The molecule has 5 fully saturated rings. The third kappa shape index (κ3) is 4.78. The Balaban J connectivity index is 1.30. The molecule has 14 atom stereocenters. The molecule has 0 amide bonds. The van der Waals surface area contributed by atoms with Gasteiger partial charge in [0.15, 0.2) is 12.4 Å². The van der Waals surface area contributed by atoms with Crippen molar-refractivity contribution < 1.29 is 49.3 Å². The largest absolute Gasteiger partial charge is 0.481 e. The van der Waals surface area contributed by atoms with E-state index < -0.39 is 54.2 Å². The van der Waals surface area contributed by atoms with E-state index in [2.05, 4.69) is 54.5 Å². The summed E-state index contributed by atoms with van der Waals surface area (Å²) in [6, 6.07) is 0. The molecule has 0 aromatic carbocycles. The third-order valence-electron chi connectivity index (χ3n) is 15.3. The molecule has 4 saturated carbocycles. The molecule has 6 rings (SSSR count). The van der Waals surface area contributed by atoms with Gasteiger partial charge in [-0.2, -0.15) is 0 Å². The Bertz CT molecular complexity index is 1310. The molecule has 10 nitrogen and oxygen atoms in total. The predicted octanol–water partition coefficient (Wildman–Crippen LogP) is 4.21. The minimum absolute atomic E-state index is 0.00680. The van der Waals surface area contributed by atoms with Crippen molar-refractivity contribution in [3.05, 3.63) is 11.6 Å². The van der Waals surface area contributed by atoms with Gasteiger partial charge in [0.25, 0.3) is 0 Å². The van der Waals surface area contributed by atoms with Crippen LogP contribution >= 0.6 is 0 Å². The number of hydrogen-bond acceptors (Lipinski definition) is 9. The standard InChI is InChI=1S/C37H58O10/c1-32(2)15-16-37(31(43)44)20(17-32)19-9-10-22-34(5)13-12-24(46-30-27(41)25(39)26(40)28(47-30)29(42)45-8)33(3,4)21(34)11-14-35(22,6)36(19,7)18-23(37)38/h9,20-28,30,38-41H,10-18H2,1-8H3,(H,43,44)/t20?,21?,22?,23-,24+,25+,26+,27-,28+,30-,34+,35-,36-,37-/m1/s1. The number of rotatable bonds is 4. The van der Waals surface area contributed by atoms with Gasteiger partial charge in [0.1, 0.15) is 23.7 Å². The maximum atomic E-state index is 13.0. The number of carboxylic acids is 1. The number of hydrogen-bond donors (Lipinski definition) is 5. The summed E-state index contributed by atoms with van der Waals surface area (Å²) in [5.74, 6) is -1.34. The first-order chi connectivity index (χ1) is 21.7. The van der Waals surface area contributed by atoms with Gasteiger partial charge < -0.3 is 39.7 Å². The number of ether oxygens (including phenoxy) is 3. The zero-order valence-corrected chi connectivity index (χ0v) is 29.5. The summed E-state index contributed by atoms with van der Waals surface area (Å²) in [6.45, 7) is 16.0. The van der Waals surface area contributed by atoms with Crippen LogP contribution in [0, 0.1) is 50.2 Å². The number of carbonyl (C=O) groups excluding carboxylic acids is 1. The SMILES string of the molecule is COC(=O)[C@H]1O[C@@H](O[C@H]2CC[C@@]3(C)C(CC[C@]4(C)C3CC=C3C5CC(C)(C)CC[C@]5(C(=O)O)[C@H](O)C[C@]34C)C2(C)C)[C@H](O)[C@@H](O)[C@@H]1O. The summed E-state index contributed by atoms with van der Waals surface area (Å²) in [6.07, 6.45) is 0.332. The maximum absolute atomic E-state index is 13.0. The number of allylic oxidation sites excluding steroid dienone is 2. The van der Waals surface area contributed by atoms with Gasteiger partial charge in [0, 0.05) is 0 Å². The van der Waals surface area contributed by atoms with Crippen LogP contribution < -0.4 is 0 Å². The molecule has 0 bridgehead atoms. The number of aliphatic carboxylic acids is 1. The molecule has 0 aromatic rings. The van der Waals surface area contributed by atoms with Crippen molar-refractivity contribution in [3.63, 3.8) is 0 Å². The van der Waals surface area contributed by atoms with Gasteiger partial charge in [-0.1, -0.05) is 60.1 Å². The van der Waals surface area contributed by atoms with Gasteiger partial charge in [-0.15, -0.1) is 0 Å². The van der Waals surface area contributed by atoms with Crippen molar-refractivity contribution in [1.29, 1.82) is 0 Å². The molecule has 0 aromatic heterocycles. The van der Waals surface area contributed by atoms with Crippen molar-refractivity contribution in [2.45, 2.75) is 149 Å². The Morgan fingerprint density at radius 1 is 0.851 bits per heavy atom. The zero-order valence-electron chi connectivity index (χ0n) is 29.5. The number of carboxylic acid groups (broad SMARTS) is 1. The molecular weight excluding hydrogens is 604 g/mol. The molecule has 1 heterocycles. The van der Waals surface area contributed by atoms with Crippen LogP contribution in [-0.4, -0.2) is 87.5 Å². The number of methoxy groups -OCH3 is 1. The highest BCUT2D eigenvalue weighted by Crippen LogP contribution is 2.76. The number of carbonyl (C=O) groups is 2. The number of esters is 1. The van der Waals surface area contributed by atoms with Crippen molar-refractivity contribution in [2.75, 3.05) is 7.11 Å². The Kier molecular flexibility index (Phi) is 8.42. The molecular formula is C37H58O10. The molecule has 266 valence electrons. The summed E-state index contributed by atoms with van der Waals surface area (Å²) < 4.78 is 16.9. The lowest BCUT2D eigenvalue weighted by Crippen LogP contribution is -2.68. The zero-order chi connectivity index (χ0) is 34.7. The highest BCUT2D eigenvalue weighted by Gasteiger charge is 2.71. The van der Waals surface area contributed by atoms with Crippen molar-refractivity contribution >= 4 is 11.9 Å². The Hall–Kier alpha value is -1.56. The maximum Gasteiger partial charge on any atom is 0.337 e. The fraction of sp³-hybridized carbons (Fsp3) is 0.892. The van der Waals surface area contributed by atoms with E-state index in [4.69, 9.17) is 14.2 Å². The van der Waals surface area contributed by atoms with Crippen LogP contribution in [0.4, 0.5) is 0 Å². The van der Waals surface area contributed by atoms with E-state index in [1.165, 1.54) is 12.7 Å². The molecule has 47 heavy (non-hydrogen) atoms. The van der Waals surface area contributed by atoms with E-state index in [0.717, 1.165) is 38.5 Å². The topological polar surface area (TPSA) is 163 Å². The van der Waals surface area contributed by atoms with Crippen LogP contribution in [0.5, 0.6) is 0 Å². The highest BCUT2D eigenvalue weighted by atomic mass is 16.7. The highest BCUT2D eigenvalue weighted by molar-refractivity contribution is 5.78. The van der Waals surface area contributed by atoms with E-state index in [-0.39, 0.29) is 45.0 Å². The second-order valence-corrected chi connectivity index (χ2v) is 18.2. The summed E-state index contributed by atoms with van der Waals surface area (Å²) in [7, 11) is 1.17. The second kappa shape index (κ2) is 11.2. The van der Waals surface area contributed by atoms with E-state index in [0.29, 0.717) is 25.2 Å². The van der Waals surface area contributed by atoms with Gasteiger partial charge in [0.05, 0.1) is 19.3 Å². The van der Waals surface area contributed by atoms with Crippen LogP contribution in [0.15, 0.2) is 11.6 Å². The molecule has 0 radical (unpaired) electrons. The Morgan fingerprint density at radius 3 is 2.17 bits per heavy atom. The van der Waals surface area contributed by atoms with E-state index in [1.807, 2.05) is 0 Å². The molecule has 3 unspecified atom stereocenters. The Labute approximate surface area is 279 Å². The summed E-state index contributed by atoms with van der Waals surface area (Å²) in [5.41, 5.74) is -0.775. The molecule has 5 N–H and O–H groups in total. The van der Waals surface area contributed by atoms with Crippen LogP contribution in [0.3, 0.4) is 0 Å². The molecule has 0 spiro atoms. The van der Waals surface area contributed by atoms with Crippen molar-refractivity contribution in [2.24, 2.45) is 50.2 Å². The minimum atomic E-state index is -1.64. The average molecular weight is 663 g/mol. The first-order valence-corrected chi connectivity index (χ1v) is 17.8. The smallest absolute Gasteiger partial charge is 0.337 e. The van der Waals surface area contributed by atoms with Gasteiger partial charge in [-0.05, 0) is 103 Å². The Morgan fingerprint density at radius 2 is 1.53 bits per heavy atom. The van der Waals surface area contributed by atoms with Crippen LogP contribution in [0.25, 0.3) is 0 Å². The third-order valence-corrected chi connectivity index (χ3v) is 15.3. The second-order valence-electron chi connectivity index (χ2n) is 18.2. The van der Waals surface area contributed by atoms with Gasteiger partial charge >= 0.3 is 11.9 Å². The lowest BCUT2D eigenvalue weighted by atomic mass is 9.33. The normalized spacial score (nSPS) is 51.7. The van der Waals surface area contributed by atoms with E-state index >= 15 is 0 Å². The number of aliphatic hydroxyl groups is 4. The molecule has 1 aliphatic heterocycles. The average Bonchev–Trinajstić information content (AvgIpc) is 2.98. The minimum Gasteiger partial charge on any atom is -0.481 e. The van der Waals surface area contributed by atoms with Crippen LogP contribution in [0.1, 0.15) is 106 Å². The summed E-state index contributed by atoms with van der Waals surface area (Å²) in [5, 5.41) is 54.2. The van der Waals surface area contributed by atoms with Crippen molar-refractivity contribution in [1.82, 2.24) is 0 Å². The van der Waals surface area contributed by atoms with E-state index in [9.17, 15) is 35.1 Å². The van der Waals surface area contributed by atoms with Crippen LogP contribution in [-0.2, 0) is 23.8 Å². The van der Waals surface area contributed by atoms with Crippen LogP contribution in [0.2, 0.25) is 0 Å². The number of aliphatic hydroxyl groups excluding tert-OH is 4. The van der Waals surface area contributed by atoms with Gasteiger partial charge in [0.2, 0.25) is 0 Å². The van der Waals surface area contributed by atoms with E-state index in [1.54, 1.807) is 0 Å². The predicted molar refractivity (Wildman–Crippen MR) is 172 cm³/mol. The lowest BCUT2D eigenvalue weighted by Gasteiger charge is -2.71. The van der Waals surface area contributed by atoms with Gasteiger partial charge in [-0.25, -0.2) is 4.79 Å².